The van der Waals surface area contributed by atoms with Gasteiger partial charge in [0.25, 0.3) is 0 Å². The Morgan fingerprint density at radius 2 is 2.17 bits per heavy atom. The molecule has 0 aliphatic rings. The number of aromatic nitrogens is 5. The zero-order chi connectivity index (χ0) is 20.8. The molecule has 5 aromatic rings. The molecule has 30 heavy (non-hydrogen) atoms. The van der Waals surface area contributed by atoms with Crippen LogP contribution in [-0.4, -0.2) is 24.1 Å². The Morgan fingerprint density at radius 3 is 2.93 bits per heavy atom. The molecular weight excluding hydrogens is 402 g/mol. The second-order valence-corrected chi connectivity index (χ2v) is 7.34. The maximum atomic E-state index is 9.38. The number of imidazole rings is 1. The number of hydrogen-bond donors (Lipinski definition) is 1. The van der Waals surface area contributed by atoms with Crippen LogP contribution >= 0.6 is 11.6 Å². The van der Waals surface area contributed by atoms with Crippen molar-refractivity contribution >= 4 is 34.2 Å². The molecular formula is C21H16ClN7O. The lowest BCUT2D eigenvalue weighted by molar-refractivity contribution is 0.616. The van der Waals surface area contributed by atoms with Crippen molar-refractivity contribution in [1.29, 1.82) is 5.26 Å². The number of nitrogens with zero attached hydrogens (tertiary/aromatic N) is 6. The van der Waals surface area contributed by atoms with Crippen molar-refractivity contribution in [3.8, 4) is 17.3 Å². The fourth-order valence-electron chi connectivity index (χ4n) is 3.63. The molecule has 1 aromatic carbocycles. The normalized spacial score (nSPS) is 11.3. The van der Waals surface area contributed by atoms with Crippen molar-refractivity contribution in [3.63, 3.8) is 0 Å². The molecule has 0 aliphatic carbocycles. The third-order valence-corrected chi connectivity index (χ3v) is 5.35. The minimum absolute atomic E-state index is 0.307. The number of rotatable bonds is 4. The summed E-state index contributed by atoms with van der Waals surface area (Å²) in [6.07, 6.45) is 5.04. The van der Waals surface area contributed by atoms with E-state index in [2.05, 4.69) is 26.5 Å². The number of nitriles is 1. The van der Waals surface area contributed by atoms with E-state index in [1.807, 2.05) is 38.2 Å². The summed E-state index contributed by atoms with van der Waals surface area (Å²) in [5.74, 6) is 0.554. The van der Waals surface area contributed by atoms with Gasteiger partial charge in [0.15, 0.2) is 11.3 Å². The molecule has 0 saturated heterocycles. The van der Waals surface area contributed by atoms with Gasteiger partial charge in [-0.05, 0) is 31.2 Å². The molecule has 0 atom stereocenters. The number of furan rings is 1. The second-order valence-electron chi connectivity index (χ2n) is 6.93. The molecule has 9 heteroatoms. The highest BCUT2D eigenvalue weighted by molar-refractivity contribution is 6.32. The molecule has 0 bridgehead atoms. The van der Waals surface area contributed by atoms with Crippen molar-refractivity contribution < 1.29 is 4.42 Å². The van der Waals surface area contributed by atoms with Gasteiger partial charge in [-0.1, -0.05) is 11.6 Å². The topological polar surface area (TPSA) is 97.0 Å². The van der Waals surface area contributed by atoms with Crippen LogP contribution in [0.15, 0.2) is 47.3 Å². The summed E-state index contributed by atoms with van der Waals surface area (Å²) in [7, 11) is 1.87. The largest absolute Gasteiger partial charge is 0.464 e. The molecule has 4 aromatic heterocycles. The maximum Gasteiger partial charge on any atom is 0.208 e. The van der Waals surface area contributed by atoms with Crippen LogP contribution in [0.1, 0.15) is 17.0 Å². The van der Waals surface area contributed by atoms with E-state index in [1.54, 1.807) is 27.7 Å². The van der Waals surface area contributed by atoms with Gasteiger partial charge < -0.3 is 9.73 Å². The van der Waals surface area contributed by atoms with Crippen LogP contribution in [0.4, 0.5) is 5.95 Å². The lowest BCUT2D eigenvalue weighted by Gasteiger charge is -2.12. The zero-order valence-corrected chi connectivity index (χ0v) is 17.0. The molecule has 0 fully saturated rings. The third kappa shape index (κ3) is 2.88. The summed E-state index contributed by atoms with van der Waals surface area (Å²) < 4.78 is 9.02. The lowest BCUT2D eigenvalue weighted by Crippen LogP contribution is -2.08. The minimum atomic E-state index is 0.307. The van der Waals surface area contributed by atoms with Crippen molar-refractivity contribution in [3.05, 3.63) is 64.9 Å². The monoisotopic (exact) mass is 417 g/mol. The Balaban J connectivity index is 1.59. The van der Waals surface area contributed by atoms with Gasteiger partial charge >= 0.3 is 0 Å². The van der Waals surface area contributed by atoms with E-state index in [9.17, 15) is 5.26 Å². The average molecular weight is 418 g/mol. The number of hydrogen-bond acceptors (Lipinski definition) is 6. The first-order valence-corrected chi connectivity index (χ1v) is 9.60. The first-order chi connectivity index (χ1) is 14.5. The van der Waals surface area contributed by atoms with Crippen LogP contribution in [0.5, 0.6) is 0 Å². The van der Waals surface area contributed by atoms with Crippen molar-refractivity contribution in [2.24, 2.45) is 7.05 Å². The fraction of sp³-hybridized carbons (Fsp3) is 0.143. The van der Waals surface area contributed by atoms with Gasteiger partial charge in [-0.2, -0.15) is 10.4 Å². The van der Waals surface area contributed by atoms with Crippen LogP contribution < -0.4 is 5.32 Å². The number of aryl methyl sites for hydroxylation is 2. The lowest BCUT2D eigenvalue weighted by atomic mass is 10.1. The van der Waals surface area contributed by atoms with E-state index in [0.29, 0.717) is 28.9 Å². The van der Waals surface area contributed by atoms with E-state index >= 15 is 0 Å². The maximum absolute atomic E-state index is 9.38. The highest BCUT2D eigenvalue weighted by Crippen LogP contribution is 2.29. The van der Waals surface area contributed by atoms with Gasteiger partial charge in [0.1, 0.15) is 11.7 Å². The Kier molecular flexibility index (Phi) is 4.19. The third-order valence-electron chi connectivity index (χ3n) is 5.00. The van der Waals surface area contributed by atoms with Crippen LogP contribution in [0.3, 0.4) is 0 Å². The quantitative estimate of drug-likeness (QED) is 0.467. The number of benzene rings is 1. The minimum Gasteiger partial charge on any atom is -0.464 e. The van der Waals surface area contributed by atoms with Gasteiger partial charge in [-0.25, -0.2) is 9.97 Å². The van der Waals surface area contributed by atoms with E-state index in [0.717, 1.165) is 33.5 Å². The molecule has 0 amide bonds. The number of anilines is 1. The molecule has 148 valence electrons. The van der Waals surface area contributed by atoms with E-state index in [-0.39, 0.29) is 0 Å². The highest BCUT2D eigenvalue weighted by atomic mass is 35.5. The smallest absolute Gasteiger partial charge is 0.208 e. The van der Waals surface area contributed by atoms with Crippen molar-refractivity contribution in [1.82, 2.24) is 24.1 Å². The highest BCUT2D eigenvalue weighted by Gasteiger charge is 2.17. The first kappa shape index (κ1) is 18.2. The Bertz CT molecular complexity index is 1450. The van der Waals surface area contributed by atoms with Gasteiger partial charge in [0.2, 0.25) is 5.95 Å². The fourth-order valence-corrected chi connectivity index (χ4v) is 3.86. The summed E-state index contributed by atoms with van der Waals surface area (Å²) >= 11 is 6.42. The average Bonchev–Trinajstić information content (AvgIpc) is 3.45. The number of halogens is 1. The van der Waals surface area contributed by atoms with E-state index in [1.165, 1.54) is 0 Å². The molecule has 0 aliphatic heterocycles. The summed E-state index contributed by atoms with van der Waals surface area (Å²) in [6.45, 7) is 2.36. The Morgan fingerprint density at radius 1 is 1.30 bits per heavy atom. The van der Waals surface area contributed by atoms with Crippen molar-refractivity contribution in [2.45, 2.75) is 13.5 Å². The SMILES string of the molecule is Cc1cc(-c2cnc(NCc3c(Cl)ccc4occc34)n3cc(C#N)nc23)n(C)n1. The zero-order valence-electron chi connectivity index (χ0n) is 16.2. The first-order valence-electron chi connectivity index (χ1n) is 9.23. The van der Waals surface area contributed by atoms with Crippen LogP contribution in [0, 0.1) is 18.3 Å². The summed E-state index contributed by atoms with van der Waals surface area (Å²) in [4.78, 5) is 9.06. The van der Waals surface area contributed by atoms with E-state index in [4.69, 9.17) is 16.0 Å². The predicted octanol–water partition coefficient (Wildman–Crippen LogP) is 4.32. The van der Waals surface area contributed by atoms with Gasteiger partial charge in [0.05, 0.1) is 29.4 Å². The molecule has 0 spiro atoms. The number of nitrogens with one attached hydrogen (secondary N) is 1. The van der Waals surface area contributed by atoms with Crippen LogP contribution in [0.25, 0.3) is 27.9 Å². The Labute approximate surface area is 176 Å². The molecule has 8 nitrogen and oxygen atoms in total. The van der Waals surface area contributed by atoms with Crippen LogP contribution in [0.2, 0.25) is 5.02 Å². The second kappa shape index (κ2) is 6.90. The van der Waals surface area contributed by atoms with Gasteiger partial charge in [0, 0.05) is 35.8 Å². The summed E-state index contributed by atoms with van der Waals surface area (Å²) in [6, 6.07) is 9.61. The van der Waals surface area contributed by atoms with Gasteiger partial charge in [-0.15, -0.1) is 0 Å². The summed E-state index contributed by atoms with van der Waals surface area (Å²) in [5.41, 5.74) is 5.16. The summed E-state index contributed by atoms with van der Waals surface area (Å²) in [5, 5.41) is 18.7. The van der Waals surface area contributed by atoms with E-state index < -0.39 is 0 Å². The molecule has 5 rings (SSSR count). The van der Waals surface area contributed by atoms with Gasteiger partial charge in [-0.3, -0.25) is 9.08 Å². The Hall–Kier alpha value is -3.83. The molecule has 0 unspecified atom stereocenters. The van der Waals surface area contributed by atoms with Crippen LogP contribution in [-0.2, 0) is 13.6 Å². The molecule has 4 heterocycles. The van der Waals surface area contributed by atoms with Crippen molar-refractivity contribution in [2.75, 3.05) is 5.32 Å². The predicted molar refractivity (Wildman–Crippen MR) is 113 cm³/mol. The molecule has 0 radical (unpaired) electrons. The standard InChI is InChI=1S/C21H16ClN7O/c1-12-7-18(28(2)27-12)16-10-25-21(29-11-13(8-23)26-20(16)29)24-9-15-14-5-6-30-19(14)4-3-17(15)22/h3-7,10-11H,9H2,1-2H3,(H,24,25). The number of fused-ring (bicyclic) bond motifs is 2. The molecule has 1 N–H and O–H groups in total. The molecule has 0 saturated carbocycles.